The lowest BCUT2D eigenvalue weighted by Crippen LogP contribution is -2.50. The molecule has 1 aliphatic heterocycles. The number of carbonyl (C=O) groups excluding carboxylic acids is 1. The van der Waals surface area contributed by atoms with Gasteiger partial charge in [0.1, 0.15) is 0 Å². The second-order valence-corrected chi connectivity index (χ2v) is 3.64. The van der Waals surface area contributed by atoms with Crippen molar-refractivity contribution >= 4 is 17.7 Å². The molecule has 0 bridgehead atoms. The number of nitrogens with zero attached hydrogens (tertiary/aromatic N) is 1. The predicted octanol–water partition coefficient (Wildman–Crippen LogP) is -0.417. The van der Waals surface area contributed by atoms with Crippen LogP contribution in [-0.4, -0.2) is 34.1 Å². The predicted molar refractivity (Wildman–Crippen MR) is 57.5 cm³/mol. The van der Waals surface area contributed by atoms with Gasteiger partial charge in [0.05, 0.1) is 12.5 Å². The van der Waals surface area contributed by atoms with Crippen molar-refractivity contribution < 1.29 is 19.4 Å². The van der Waals surface area contributed by atoms with Gasteiger partial charge in [-0.25, -0.2) is 4.98 Å². The molecule has 2 rings (SSSR count). The summed E-state index contributed by atoms with van der Waals surface area (Å²) < 4.78 is 5.34. The summed E-state index contributed by atoms with van der Waals surface area (Å²) >= 11 is 0. The summed E-state index contributed by atoms with van der Waals surface area (Å²) in [7, 11) is 0. The van der Waals surface area contributed by atoms with Crippen LogP contribution in [0.15, 0.2) is 18.3 Å². The molecule has 7 heteroatoms. The molecule has 4 N–H and O–H groups in total. The molecule has 0 saturated carbocycles. The Hall–Kier alpha value is -2.15. The van der Waals surface area contributed by atoms with Crippen LogP contribution >= 0.6 is 0 Å². The first-order valence-electron chi connectivity index (χ1n) is 4.98. The van der Waals surface area contributed by atoms with Gasteiger partial charge in [0.25, 0.3) is 5.91 Å². The fraction of sp³-hybridized carbons (Fsp3) is 0.300. The minimum Gasteiger partial charge on any atom is -0.481 e. The van der Waals surface area contributed by atoms with E-state index in [0.29, 0.717) is 11.6 Å². The van der Waals surface area contributed by atoms with E-state index in [9.17, 15) is 9.59 Å². The molecular weight excluding hydrogens is 226 g/mol. The standard InChI is InChI=1S/C10H11N3O4/c11-5(4-7(14)15)8-10(16)13-9-6(17-8)2-1-3-12-9/h1-3,5,8H,4,11H2,(H,14,15)(H,12,13,16). The molecule has 1 amide bonds. The van der Waals surface area contributed by atoms with Crippen LogP contribution in [0.2, 0.25) is 0 Å². The summed E-state index contributed by atoms with van der Waals surface area (Å²) in [6, 6.07) is 2.37. The van der Waals surface area contributed by atoms with Gasteiger partial charge in [-0.1, -0.05) is 0 Å². The number of aromatic nitrogens is 1. The zero-order chi connectivity index (χ0) is 12.4. The third-order valence-corrected chi connectivity index (χ3v) is 2.32. The summed E-state index contributed by atoms with van der Waals surface area (Å²) in [5, 5.41) is 11.1. The number of carboxylic acids is 1. The van der Waals surface area contributed by atoms with Gasteiger partial charge < -0.3 is 20.9 Å². The van der Waals surface area contributed by atoms with Crippen LogP contribution in [0.1, 0.15) is 6.42 Å². The zero-order valence-corrected chi connectivity index (χ0v) is 8.79. The maximum atomic E-state index is 11.6. The van der Waals surface area contributed by atoms with Gasteiger partial charge in [-0.05, 0) is 12.1 Å². The normalized spacial score (nSPS) is 19.8. The second-order valence-electron chi connectivity index (χ2n) is 3.64. The van der Waals surface area contributed by atoms with Crippen molar-refractivity contribution in [2.45, 2.75) is 18.6 Å². The van der Waals surface area contributed by atoms with Gasteiger partial charge >= 0.3 is 5.97 Å². The maximum Gasteiger partial charge on any atom is 0.305 e. The van der Waals surface area contributed by atoms with E-state index in [1.165, 1.54) is 6.20 Å². The first-order valence-corrected chi connectivity index (χ1v) is 4.98. The molecule has 0 spiro atoms. The highest BCUT2D eigenvalue weighted by Crippen LogP contribution is 2.27. The first kappa shape index (κ1) is 11.3. The minimum atomic E-state index is -1.08. The van der Waals surface area contributed by atoms with Crippen LogP contribution in [-0.2, 0) is 9.59 Å². The van der Waals surface area contributed by atoms with Crippen molar-refractivity contribution in [1.82, 2.24) is 4.98 Å². The number of aliphatic carboxylic acids is 1. The smallest absolute Gasteiger partial charge is 0.305 e. The average molecular weight is 237 g/mol. The lowest BCUT2D eigenvalue weighted by molar-refractivity contribution is -0.138. The molecule has 0 radical (unpaired) electrons. The number of carboxylic acid groups (broad SMARTS) is 1. The first-order chi connectivity index (χ1) is 8.08. The highest BCUT2D eigenvalue weighted by atomic mass is 16.5. The molecule has 0 aromatic carbocycles. The van der Waals surface area contributed by atoms with Crippen LogP contribution in [0, 0.1) is 0 Å². The third-order valence-electron chi connectivity index (χ3n) is 2.32. The Bertz CT molecular complexity index is 463. The van der Waals surface area contributed by atoms with E-state index in [0.717, 1.165) is 0 Å². The van der Waals surface area contributed by atoms with E-state index in [-0.39, 0.29) is 6.42 Å². The van der Waals surface area contributed by atoms with Crippen LogP contribution in [0.3, 0.4) is 0 Å². The number of hydrogen-bond acceptors (Lipinski definition) is 5. The lowest BCUT2D eigenvalue weighted by Gasteiger charge is -2.28. The Kier molecular flexibility index (Phi) is 2.92. The quantitative estimate of drug-likeness (QED) is 0.658. The van der Waals surface area contributed by atoms with Crippen molar-refractivity contribution in [3.63, 3.8) is 0 Å². The molecule has 7 nitrogen and oxygen atoms in total. The second kappa shape index (κ2) is 4.38. The van der Waals surface area contributed by atoms with Crippen LogP contribution in [0.4, 0.5) is 5.82 Å². The average Bonchev–Trinajstić information content (AvgIpc) is 2.27. The number of rotatable bonds is 3. The molecule has 1 aliphatic rings. The van der Waals surface area contributed by atoms with Crippen molar-refractivity contribution in [2.75, 3.05) is 5.32 Å². The highest BCUT2D eigenvalue weighted by molar-refractivity contribution is 5.97. The van der Waals surface area contributed by atoms with Crippen LogP contribution in [0.25, 0.3) is 0 Å². The van der Waals surface area contributed by atoms with Gasteiger partial charge in [0.15, 0.2) is 17.7 Å². The summed E-state index contributed by atoms with van der Waals surface area (Å²) in [5.41, 5.74) is 5.61. The molecule has 0 fully saturated rings. The van der Waals surface area contributed by atoms with Gasteiger partial charge in [-0.2, -0.15) is 0 Å². The Morgan fingerprint density at radius 1 is 1.71 bits per heavy atom. The Morgan fingerprint density at radius 3 is 3.18 bits per heavy atom. The number of nitrogens with two attached hydrogens (primary N) is 1. The fourth-order valence-corrected chi connectivity index (χ4v) is 1.55. The molecule has 2 heterocycles. The summed E-state index contributed by atoms with van der Waals surface area (Å²) in [5.74, 6) is -0.856. The molecule has 0 aliphatic carbocycles. The summed E-state index contributed by atoms with van der Waals surface area (Å²) in [4.78, 5) is 26.1. The molecule has 90 valence electrons. The molecule has 2 unspecified atom stereocenters. The van der Waals surface area contributed by atoms with Gasteiger partial charge in [0.2, 0.25) is 0 Å². The van der Waals surface area contributed by atoms with Gasteiger partial charge in [-0.3, -0.25) is 9.59 Å². The van der Waals surface area contributed by atoms with Crippen molar-refractivity contribution in [2.24, 2.45) is 5.73 Å². The van der Waals surface area contributed by atoms with Crippen molar-refractivity contribution in [1.29, 1.82) is 0 Å². The Labute approximate surface area is 96.6 Å². The Morgan fingerprint density at radius 2 is 2.47 bits per heavy atom. The van der Waals surface area contributed by atoms with Crippen molar-refractivity contribution in [3.05, 3.63) is 18.3 Å². The molecule has 17 heavy (non-hydrogen) atoms. The highest BCUT2D eigenvalue weighted by Gasteiger charge is 2.34. The largest absolute Gasteiger partial charge is 0.481 e. The number of nitrogens with one attached hydrogen (secondary N) is 1. The van der Waals surface area contributed by atoms with E-state index >= 15 is 0 Å². The van der Waals surface area contributed by atoms with Gasteiger partial charge in [-0.15, -0.1) is 0 Å². The topological polar surface area (TPSA) is 115 Å². The number of pyridine rings is 1. The van der Waals surface area contributed by atoms with E-state index in [2.05, 4.69) is 10.3 Å². The van der Waals surface area contributed by atoms with E-state index in [1.807, 2.05) is 0 Å². The van der Waals surface area contributed by atoms with E-state index in [4.69, 9.17) is 15.6 Å². The fourth-order valence-electron chi connectivity index (χ4n) is 1.55. The molecule has 1 aromatic heterocycles. The minimum absolute atomic E-state index is 0.316. The Balaban J connectivity index is 2.17. The number of ether oxygens (including phenoxy) is 1. The molecule has 1 aromatic rings. The number of fused-ring (bicyclic) bond motifs is 1. The molecular formula is C10H11N3O4. The number of hydrogen-bond donors (Lipinski definition) is 3. The third kappa shape index (κ3) is 2.34. The van der Waals surface area contributed by atoms with Gasteiger partial charge in [0, 0.05) is 6.20 Å². The molecule has 0 saturated heterocycles. The van der Waals surface area contributed by atoms with E-state index < -0.39 is 24.0 Å². The summed E-state index contributed by atoms with van der Waals surface area (Å²) in [6.45, 7) is 0. The van der Waals surface area contributed by atoms with Crippen molar-refractivity contribution in [3.8, 4) is 5.75 Å². The lowest BCUT2D eigenvalue weighted by atomic mass is 10.1. The van der Waals surface area contributed by atoms with Crippen LogP contribution in [0.5, 0.6) is 5.75 Å². The van der Waals surface area contributed by atoms with Crippen LogP contribution < -0.4 is 15.8 Å². The van der Waals surface area contributed by atoms with E-state index in [1.54, 1.807) is 12.1 Å². The summed E-state index contributed by atoms with van der Waals surface area (Å²) in [6.07, 6.45) is 0.163. The number of carbonyl (C=O) groups is 2. The SMILES string of the molecule is NC(CC(=O)O)C1Oc2cccnc2NC1=O. The zero-order valence-electron chi connectivity index (χ0n) is 8.79. The molecule has 2 atom stereocenters. The number of anilines is 1. The monoisotopic (exact) mass is 237 g/mol. The number of amides is 1. The maximum absolute atomic E-state index is 11.6.